The molecule has 27 heavy (non-hydrogen) atoms. The molecule has 0 unspecified atom stereocenters. The van der Waals surface area contributed by atoms with E-state index in [-0.39, 0.29) is 6.42 Å². The number of carbonyl (C=O) groups is 2. The van der Waals surface area contributed by atoms with Crippen LogP contribution < -0.4 is 15.4 Å². The third kappa shape index (κ3) is 5.07. The minimum absolute atomic E-state index is 0.284. The number of rotatable bonds is 7. The van der Waals surface area contributed by atoms with Crippen molar-refractivity contribution in [2.24, 2.45) is 5.73 Å². The summed E-state index contributed by atoms with van der Waals surface area (Å²) in [5.41, 5.74) is 7.37. The minimum atomic E-state index is -3.69. The SMILES string of the molecule is CC[C@H](C(=O)Nc1ccc(C(N)=O)cc1)N(c1ccc(C)cc1)S(C)(=O)=O. The number of sulfonamides is 1. The van der Waals surface area contributed by atoms with Crippen LogP contribution in [0, 0.1) is 6.92 Å². The van der Waals surface area contributed by atoms with Gasteiger partial charge in [0.05, 0.1) is 11.9 Å². The highest BCUT2D eigenvalue weighted by Gasteiger charge is 2.31. The summed E-state index contributed by atoms with van der Waals surface area (Å²) >= 11 is 0. The maximum absolute atomic E-state index is 12.8. The lowest BCUT2D eigenvalue weighted by molar-refractivity contribution is -0.117. The fourth-order valence-corrected chi connectivity index (χ4v) is 3.91. The van der Waals surface area contributed by atoms with E-state index in [1.54, 1.807) is 43.3 Å². The molecule has 144 valence electrons. The van der Waals surface area contributed by atoms with Crippen LogP contribution in [0.3, 0.4) is 0 Å². The number of anilines is 2. The molecule has 2 aromatic rings. The summed E-state index contributed by atoms with van der Waals surface area (Å²) in [5.74, 6) is -1.03. The van der Waals surface area contributed by atoms with Crippen molar-refractivity contribution in [2.75, 3.05) is 15.9 Å². The maximum Gasteiger partial charge on any atom is 0.248 e. The van der Waals surface area contributed by atoms with Crippen molar-refractivity contribution < 1.29 is 18.0 Å². The van der Waals surface area contributed by atoms with E-state index < -0.39 is 27.9 Å². The van der Waals surface area contributed by atoms with Crippen LogP contribution in [0.5, 0.6) is 0 Å². The molecule has 3 N–H and O–H groups in total. The molecule has 0 aliphatic carbocycles. The molecule has 0 aliphatic heterocycles. The Bertz CT molecular complexity index is 922. The van der Waals surface area contributed by atoms with Crippen molar-refractivity contribution in [2.45, 2.75) is 26.3 Å². The van der Waals surface area contributed by atoms with Crippen LogP contribution in [-0.4, -0.2) is 32.5 Å². The van der Waals surface area contributed by atoms with Gasteiger partial charge in [-0.1, -0.05) is 24.6 Å². The van der Waals surface area contributed by atoms with Gasteiger partial charge in [0.15, 0.2) is 0 Å². The first kappa shape index (κ1) is 20.4. The first-order chi connectivity index (χ1) is 12.6. The van der Waals surface area contributed by atoms with Crippen LogP contribution in [0.4, 0.5) is 11.4 Å². The first-order valence-electron chi connectivity index (χ1n) is 8.40. The van der Waals surface area contributed by atoms with Gasteiger partial charge in [0.2, 0.25) is 21.8 Å². The second-order valence-corrected chi connectivity index (χ2v) is 8.11. The Hall–Kier alpha value is -2.87. The third-order valence-corrected chi connectivity index (χ3v) is 5.24. The average molecular weight is 389 g/mol. The Morgan fingerprint density at radius 3 is 2.07 bits per heavy atom. The third-order valence-electron chi connectivity index (χ3n) is 4.06. The molecule has 0 saturated carbocycles. The predicted molar refractivity (Wildman–Crippen MR) is 106 cm³/mol. The number of hydrogen-bond donors (Lipinski definition) is 2. The van der Waals surface area contributed by atoms with Crippen molar-refractivity contribution in [1.82, 2.24) is 0 Å². The predicted octanol–water partition coefficient (Wildman–Crippen LogP) is 2.28. The van der Waals surface area contributed by atoms with Gasteiger partial charge >= 0.3 is 0 Å². The lowest BCUT2D eigenvalue weighted by atomic mass is 10.1. The summed E-state index contributed by atoms with van der Waals surface area (Å²) in [7, 11) is -3.69. The Labute approximate surface area is 159 Å². The maximum atomic E-state index is 12.8. The molecule has 0 aliphatic rings. The van der Waals surface area contributed by atoms with Crippen LogP contribution in [0.2, 0.25) is 0 Å². The number of hydrogen-bond acceptors (Lipinski definition) is 4. The van der Waals surface area contributed by atoms with E-state index in [1.807, 2.05) is 6.92 Å². The molecule has 0 heterocycles. The smallest absolute Gasteiger partial charge is 0.248 e. The molecule has 0 radical (unpaired) electrons. The van der Waals surface area contributed by atoms with Gasteiger partial charge in [-0.3, -0.25) is 13.9 Å². The van der Waals surface area contributed by atoms with Crippen molar-refractivity contribution in [3.05, 3.63) is 59.7 Å². The standard InChI is InChI=1S/C19H23N3O4S/c1-4-17(19(24)21-15-9-7-14(8-10-15)18(20)23)22(27(3,25)26)16-11-5-13(2)6-12-16/h5-12,17H,4H2,1-3H3,(H2,20,23)(H,21,24)/t17-/m1/s1. The number of benzene rings is 2. The normalized spacial score (nSPS) is 12.3. The molecule has 0 aromatic heterocycles. The molecular weight excluding hydrogens is 366 g/mol. The van der Waals surface area contributed by atoms with Crippen molar-refractivity contribution in [1.29, 1.82) is 0 Å². The fourth-order valence-electron chi connectivity index (χ4n) is 2.70. The minimum Gasteiger partial charge on any atom is -0.366 e. The zero-order valence-electron chi connectivity index (χ0n) is 15.5. The molecule has 2 amide bonds. The van der Waals surface area contributed by atoms with Crippen LogP contribution in [0.1, 0.15) is 29.3 Å². The van der Waals surface area contributed by atoms with E-state index in [0.717, 1.165) is 16.1 Å². The van der Waals surface area contributed by atoms with E-state index in [1.165, 1.54) is 12.1 Å². The molecule has 0 spiro atoms. The molecular formula is C19H23N3O4S. The lowest BCUT2D eigenvalue weighted by Crippen LogP contribution is -2.47. The number of amides is 2. The Morgan fingerprint density at radius 2 is 1.63 bits per heavy atom. The van der Waals surface area contributed by atoms with E-state index in [0.29, 0.717) is 16.9 Å². The topological polar surface area (TPSA) is 110 Å². The van der Waals surface area contributed by atoms with Gasteiger partial charge in [-0.15, -0.1) is 0 Å². The summed E-state index contributed by atoms with van der Waals surface area (Å²) in [4.78, 5) is 23.9. The molecule has 0 bridgehead atoms. The van der Waals surface area contributed by atoms with E-state index >= 15 is 0 Å². The van der Waals surface area contributed by atoms with Gasteiger partial charge < -0.3 is 11.1 Å². The van der Waals surface area contributed by atoms with Crippen LogP contribution in [0.25, 0.3) is 0 Å². The van der Waals surface area contributed by atoms with Gasteiger partial charge in [0, 0.05) is 11.3 Å². The number of nitrogens with zero attached hydrogens (tertiary/aromatic N) is 1. The summed E-state index contributed by atoms with van der Waals surface area (Å²) in [6, 6.07) is 12.1. The first-order valence-corrected chi connectivity index (χ1v) is 10.2. The number of aryl methyl sites for hydroxylation is 1. The monoisotopic (exact) mass is 389 g/mol. The molecule has 7 nitrogen and oxygen atoms in total. The summed E-state index contributed by atoms with van der Waals surface area (Å²) in [6.45, 7) is 3.64. The van der Waals surface area contributed by atoms with Crippen LogP contribution >= 0.6 is 0 Å². The number of primary amides is 1. The summed E-state index contributed by atoms with van der Waals surface area (Å²) < 4.78 is 25.9. The highest BCUT2D eigenvalue weighted by Crippen LogP contribution is 2.24. The zero-order chi connectivity index (χ0) is 20.2. The van der Waals surface area contributed by atoms with Crippen molar-refractivity contribution >= 4 is 33.2 Å². The summed E-state index contributed by atoms with van der Waals surface area (Å²) in [6.07, 6.45) is 1.36. The lowest BCUT2D eigenvalue weighted by Gasteiger charge is -2.30. The zero-order valence-corrected chi connectivity index (χ0v) is 16.3. The Balaban J connectivity index is 2.31. The van der Waals surface area contributed by atoms with Crippen LogP contribution in [0.15, 0.2) is 48.5 Å². The van der Waals surface area contributed by atoms with Gasteiger partial charge in [0.1, 0.15) is 6.04 Å². The van der Waals surface area contributed by atoms with Crippen LogP contribution in [-0.2, 0) is 14.8 Å². The quantitative estimate of drug-likeness (QED) is 0.757. The molecule has 0 fully saturated rings. The van der Waals surface area contributed by atoms with E-state index in [9.17, 15) is 18.0 Å². The Kier molecular flexibility index (Phi) is 6.22. The van der Waals surface area contributed by atoms with E-state index in [4.69, 9.17) is 5.73 Å². The highest BCUT2D eigenvalue weighted by molar-refractivity contribution is 7.92. The average Bonchev–Trinajstić information content (AvgIpc) is 2.60. The molecule has 8 heteroatoms. The number of nitrogens with two attached hydrogens (primary N) is 1. The fraction of sp³-hybridized carbons (Fsp3) is 0.263. The van der Waals surface area contributed by atoms with E-state index in [2.05, 4.69) is 5.32 Å². The molecule has 0 saturated heterocycles. The second kappa shape index (κ2) is 8.22. The molecule has 2 aromatic carbocycles. The van der Waals surface area contributed by atoms with Crippen molar-refractivity contribution in [3.8, 4) is 0 Å². The van der Waals surface area contributed by atoms with Gasteiger partial charge in [-0.25, -0.2) is 8.42 Å². The van der Waals surface area contributed by atoms with Gasteiger partial charge in [-0.05, 0) is 49.7 Å². The molecule has 1 atom stereocenters. The second-order valence-electron chi connectivity index (χ2n) is 6.25. The number of carbonyl (C=O) groups excluding carboxylic acids is 2. The number of nitrogens with one attached hydrogen (secondary N) is 1. The molecule has 2 rings (SSSR count). The Morgan fingerprint density at radius 1 is 1.07 bits per heavy atom. The van der Waals surface area contributed by atoms with Gasteiger partial charge in [-0.2, -0.15) is 0 Å². The van der Waals surface area contributed by atoms with Gasteiger partial charge in [0.25, 0.3) is 0 Å². The highest BCUT2D eigenvalue weighted by atomic mass is 32.2. The van der Waals surface area contributed by atoms with Crippen molar-refractivity contribution in [3.63, 3.8) is 0 Å². The summed E-state index contributed by atoms with van der Waals surface area (Å²) in [5, 5.41) is 2.70. The largest absolute Gasteiger partial charge is 0.366 e.